The van der Waals surface area contributed by atoms with Gasteiger partial charge in [0.15, 0.2) is 11.6 Å². The van der Waals surface area contributed by atoms with Gasteiger partial charge in [0.2, 0.25) is 0 Å². The molecule has 0 atom stereocenters. The van der Waals surface area contributed by atoms with Crippen molar-refractivity contribution in [3.63, 3.8) is 0 Å². The maximum atomic E-state index is 14.1. The molecule has 35 heavy (non-hydrogen) atoms. The highest BCUT2D eigenvalue weighted by Crippen LogP contribution is 2.31. The number of fused-ring (bicyclic) bond motifs is 1. The highest BCUT2D eigenvalue weighted by molar-refractivity contribution is 5.79. The number of ether oxygens (including phenoxy) is 1. The number of aromatic nitrogens is 2. The van der Waals surface area contributed by atoms with Gasteiger partial charge < -0.3 is 4.74 Å². The van der Waals surface area contributed by atoms with E-state index in [4.69, 9.17) is 10.00 Å². The van der Waals surface area contributed by atoms with Crippen LogP contribution in [-0.2, 0) is 6.54 Å². The first-order valence-corrected chi connectivity index (χ1v) is 12.3. The van der Waals surface area contributed by atoms with Gasteiger partial charge in [0.25, 0.3) is 5.56 Å². The topological polar surface area (TPSA) is 67.9 Å². The fourth-order valence-corrected chi connectivity index (χ4v) is 3.39. The second kappa shape index (κ2) is 15.6. The molecule has 0 bridgehead atoms. The predicted molar refractivity (Wildman–Crippen MR) is 140 cm³/mol. The van der Waals surface area contributed by atoms with E-state index in [-0.39, 0.29) is 16.7 Å². The maximum Gasteiger partial charge on any atom is 0.261 e. The summed E-state index contributed by atoms with van der Waals surface area (Å²) in [4.78, 5) is 17.3. The summed E-state index contributed by atoms with van der Waals surface area (Å²) in [6, 6.07) is 7.84. The number of nitrogens with zero attached hydrogens (tertiary/aromatic N) is 3. The molecule has 0 radical (unpaired) electrons. The largest absolute Gasteiger partial charge is 0.453 e. The van der Waals surface area contributed by atoms with Gasteiger partial charge in [-0.25, -0.2) is 13.8 Å². The van der Waals surface area contributed by atoms with Crippen LogP contribution in [0.3, 0.4) is 0 Å². The Kier molecular flexibility index (Phi) is 14.1. The van der Waals surface area contributed by atoms with Crippen molar-refractivity contribution in [2.75, 3.05) is 0 Å². The molecule has 0 aliphatic carbocycles. The lowest BCUT2D eigenvalue weighted by Crippen LogP contribution is -2.28. The van der Waals surface area contributed by atoms with Gasteiger partial charge in [0.05, 0.1) is 17.2 Å². The van der Waals surface area contributed by atoms with Gasteiger partial charge in [-0.3, -0.25) is 9.36 Å². The molecule has 0 saturated carbocycles. The van der Waals surface area contributed by atoms with Crippen LogP contribution >= 0.6 is 0 Å². The van der Waals surface area contributed by atoms with Crippen molar-refractivity contribution in [2.24, 2.45) is 5.41 Å². The molecule has 3 rings (SSSR count). The fraction of sp³-hybridized carbons (Fsp3) is 0.464. The Morgan fingerprint density at radius 1 is 1.03 bits per heavy atom. The minimum Gasteiger partial charge on any atom is -0.453 e. The van der Waals surface area contributed by atoms with Gasteiger partial charge in [-0.2, -0.15) is 5.26 Å². The Labute approximate surface area is 208 Å². The Hall–Kier alpha value is -3.27. The predicted octanol–water partition coefficient (Wildman–Crippen LogP) is 8.24. The van der Waals surface area contributed by atoms with Crippen molar-refractivity contribution in [1.82, 2.24) is 9.55 Å². The van der Waals surface area contributed by atoms with Crippen molar-refractivity contribution in [3.8, 4) is 17.6 Å². The molecule has 1 heterocycles. The molecule has 7 heteroatoms. The molecule has 0 spiro atoms. The highest BCUT2D eigenvalue weighted by Gasteiger charge is 2.20. The van der Waals surface area contributed by atoms with Crippen LogP contribution in [0.1, 0.15) is 80.7 Å². The van der Waals surface area contributed by atoms with Gasteiger partial charge in [0, 0.05) is 6.54 Å². The van der Waals surface area contributed by atoms with E-state index in [9.17, 15) is 13.6 Å². The van der Waals surface area contributed by atoms with Crippen LogP contribution in [0.2, 0.25) is 0 Å². The van der Waals surface area contributed by atoms with Gasteiger partial charge in [0.1, 0.15) is 23.2 Å². The van der Waals surface area contributed by atoms with Gasteiger partial charge in [-0.05, 0) is 42.2 Å². The summed E-state index contributed by atoms with van der Waals surface area (Å²) in [6.07, 6.45) is 3.47. The van der Waals surface area contributed by atoms with Crippen LogP contribution in [0.15, 0.2) is 41.5 Å². The maximum absolute atomic E-state index is 14.1. The molecule has 0 saturated heterocycles. The Morgan fingerprint density at radius 2 is 1.63 bits per heavy atom. The summed E-state index contributed by atoms with van der Waals surface area (Å²) in [5.74, 6) is -2.15. The first-order valence-electron chi connectivity index (χ1n) is 12.3. The number of hydrogen-bond acceptors (Lipinski definition) is 4. The SMILES string of the molecule is CC.CC.CC.CCCC(C)(C)Cn1cnc2ccc(Oc3c(F)ccc(F)c3C#N)cc2c1=O. The third-order valence-corrected chi connectivity index (χ3v) is 4.71. The zero-order chi connectivity index (χ0) is 27.2. The number of nitriles is 1. The molecule has 0 aliphatic heterocycles. The summed E-state index contributed by atoms with van der Waals surface area (Å²) in [6.45, 7) is 18.8. The molecule has 2 aromatic carbocycles. The molecule has 192 valence electrons. The first kappa shape index (κ1) is 31.7. The van der Waals surface area contributed by atoms with Crippen molar-refractivity contribution in [3.05, 3.63) is 64.2 Å². The first-order chi connectivity index (χ1) is 16.8. The van der Waals surface area contributed by atoms with Crippen LogP contribution < -0.4 is 10.3 Å². The van der Waals surface area contributed by atoms with Gasteiger partial charge in [-0.15, -0.1) is 0 Å². The van der Waals surface area contributed by atoms with Crippen molar-refractivity contribution >= 4 is 10.9 Å². The monoisotopic (exact) mass is 487 g/mol. The van der Waals surface area contributed by atoms with Crippen molar-refractivity contribution < 1.29 is 13.5 Å². The molecule has 1 aromatic heterocycles. The molecule has 3 aromatic rings. The Bertz CT molecular complexity index is 1170. The number of hydrogen-bond donors (Lipinski definition) is 0. The van der Waals surface area contributed by atoms with E-state index in [2.05, 4.69) is 25.8 Å². The Balaban J connectivity index is 0.00000179. The summed E-state index contributed by atoms with van der Waals surface area (Å²) in [5, 5.41) is 9.40. The van der Waals surface area contributed by atoms with E-state index >= 15 is 0 Å². The van der Waals surface area contributed by atoms with Gasteiger partial charge >= 0.3 is 0 Å². The number of rotatable bonds is 6. The molecule has 5 nitrogen and oxygen atoms in total. The van der Waals surface area contributed by atoms with E-state index in [0.717, 1.165) is 25.0 Å². The summed E-state index contributed by atoms with van der Waals surface area (Å²) < 4.78 is 34.9. The van der Waals surface area contributed by atoms with Crippen molar-refractivity contribution in [2.45, 2.75) is 81.7 Å². The minimum absolute atomic E-state index is 0.0750. The Morgan fingerprint density at radius 3 is 2.20 bits per heavy atom. The van der Waals surface area contributed by atoms with Crippen LogP contribution in [0.25, 0.3) is 10.9 Å². The average Bonchev–Trinajstić information content (AvgIpc) is 2.87. The second-order valence-corrected chi connectivity index (χ2v) is 7.72. The zero-order valence-electron chi connectivity index (χ0n) is 22.5. The molecule has 0 amide bonds. The van der Waals surface area contributed by atoms with E-state index in [1.165, 1.54) is 18.5 Å². The lowest BCUT2D eigenvalue weighted by molar-refractivity contribution is 0.274. The standard InChI is InChI=1S/C22H21F2N3O2.3C2H6/c1-4-9-22(2,3)12-27-13-26-19-8-5-14(10-15(19)21(27)28)29-20-16(11-25)17(23)6-7-18(20)24;3*1-2/h5-8,10,13H,4,9,12H2,1-3H3;3*1-2H3. The number of benzene rings is 2. The summed E-state index contributed by atoms with van der Waals surface area (Å²) >= 11 is 0. The smallest absolute Gasteiger partial charge is 0.261 e. The molecule has 0 aliphatic rings. The highest BCUT2D eigenvalue weighted by atomic mass is 19.1. The summed E-state index contributed by atoms with van der Waals surface area (Å²) in [7, 11) is 0. The molecular weight excluding hydrogens is 448 g/mol. The average molecular weight is 488 g/mol. The van der Waals surface area contributed by atoms with E-state index in [0.29, 0.717) is 17.4 Å². The molecule has 0 fully saturated rings. The molecule has 0 unspecified atom stereocenters. The number of halogens is 2. The lowest BCUT2D eigenvalue weighted by Gasteiger charge is -2.24. The van der Waals surface area contributed by atoms with Crippen LogP contribution in [0.5, 0.6) is 11.5 Å². The lowest BCUT2D eigenvalue weighted by atomic mass is 9.88. The fourth-order valence-electron chi connectivity index (χ4n) is 3.39. The minimum atomic E-state index is -0.883. The van der Waals surface area contributed by atoms with Crippen LogP contribution in [-0.4, -0.2) is 9.55 Å². The molecule has 0 N–H and O–H groups in total. The third kappa shape index (κ3) is 8.47. The van der Waals surface area contributed by atoms with E-state index in [1.807, 2.05) is 41.5 Å². The van der Waals surface area contributed by atoms with Crippen LogP contribution in [0, 0.1) is 28.4 Å². The quantitative estimate of drug-likeness (QED) is 0.351. The normalized spacial score (nSPS) is 10.0. The zero-order valence-corrected chi connectivity index (χ0v) is 22.5. The molecular formula is C28H39F2N3O2. The summed E-state index contributed by atoms with van der Waals surface area (Å²) in [5.41, 5.74) is -0.388. The van der Waals surface area contributed by atoms with Crippen LogP contribution in [0.4, 0.5) is 8.78 Å². The third-order valence-electron chi connectivity index (χ3n) is 4.71. The van der Waals surface area contributed by atoms with E-state index in [1.54, 1.807) is 16.7 Å². The second-order valence-electron chi connectivity index (χ2n) is 7.72. The van der Waals surface area contributed by atoms with Gasteiger partial charge in [-0.1, -0.05) is 68.7 Å². The van der Waals surface area contributed by atoms with Crippen molar-refractivity contribution in [1.29, 1.82) is 5.26 Å². The van der Waals surface area contributed by atoms with E-state index < -0.39 is 22.9 Å².